The van der Waals surface area contributed by atoms with Gasteiger partial charge in [-0.2, -0.15) is 0 Å². The van der Waals surface area contributed by atoms with Crippen LogP contribution in [0.2, 0.25) is 0 Å². The molecule has 0 saturated carbocycles. The largest absolute Gasteiger partial charge is 0.350 e. The number of likely N-dealkylation sites (N-methyl/N-ethyl adjacent to an activating group) is 1. The van der Waals surface area contributed by atoms with E-state index in [1.807, 2.05) is 56.3 Å². The zero-order valence-electron chi connectivity index (χ0n) is 20.8. The molecule has 3 rings (SSSR count). The first kappa shape index (κ1) is 25.9. The maximum Gasteiger partial charge on any atom is 0.249 e. The molecule has 1 aliphatic heterocycles. The number of carbonyl (C=O) groups excluding carboxylic acids is 4. The third-order valence-electron chi connectivity index (χ3n) is 6.45. The Morgan fingerprint density at radius 2 is 1.86 bits per heavy atom. The number of nitrogens with one attached hydrogen (secondary N) is 2. The van der Waals surface area contributed by atoms with Crippen LogP contribution in [0.3, 0.4) is 0 Å². The molecular formula is C27H34N4O4. The number of nitrogens with zero attached hydrogens (tertiary/aromatic N) is 2. The Balaban J connectivity index is 1.72. The molecule has 0 spiro atoms. The molecule has 0 aromatic heterocycles. The van der Waals surface area contributed by atoms with E-state index in [0.29, 0.717) is 30.6 Å². The first-order chi connectivity index (χ1) is 16.7. The maximum atomic E-state index is 13.3. The second-order valence-electron chi connectivity index (χ2n) is 9.30. The van der Waals surface area contributed by atoms with Crippen LogP contribution in [0.15, 0.2) is 54.1 Å². The Morgan fingerprint density at radius 3 is 2.54 bits per heavy atom. The molecule has 8 nitrogen and oxygen atoms in total. The summed E-state index contributed by atoms with van der Waals surface area (Å²) in [5.74, 6) is -0.611. The van der Waals surface area contributed by atoms with E-state index in [0.717, 1.165) is 17.2 Å². The molecule has 2 aromatic rings. The predicted molar refractivity (Wildman–Crippen MR) is 137 cm³/mol. The second kappa shape index (κ2) is 11.6. The minimum atomic E-state index is -0.550. The van der Waals surface area contributed by atoms with Gasteiger partial charge in [0, 0.05) is 24.9 Å². The summed E-state index contributed by atoms with van der Waals surface area (Å²) >= 11 is 0. The molecule has 1 fully saturated rings. The van der Waals surface area contributed by atoms with Crippen LogP contribution in [0.5, 0.6) is 0 Å². The van der Waals surface area contributed by atoms with Crippen molar-refractivity contribution >= 4 is 40.6 Å². The topological polar surface area (TPSA) is 98.8 Å². The number of amides is 4. The van der Waals surface area contributed by atoms with Gasteiger partial charge in [0.25, 0.3) is 0 Å². The van der Waals surface area contributed by atoms with E-state index < -0.39 is 6.04 Å². The standard InChI is InChI=1S/C27H34N4O4/c1-18(2)24(30(4)25(33)16-28-17-32)14-19(3)27(35)31-13-7-10-23(31)26(34)29-22-12-11-20-8-5-6-9-21(20)15-22/h5-6,8-9,11-12,14-15,17-18,23-24H,7,10,13,16H2,1-4H3,(H,28,32)(H,29,34)/t23-,24+/m0/s1. The number of rotatable bonds is 9. The van der Waals surface area contributed by atoms with Gasteiger partial charge >= 0.3 is 0 Å². The fourth-order valence-corrected chi connectivity index (χ4v) is 4.50. The van der Waals surface area contributed by atoms with Gasteiger partial charge in [-0.15, -0.1) is 0 Å². The summed E-state index contributed by atoms with van der Waals surface area (Å²) in [5.41, 5.74) is 1.18. The number of hydrogen-bond acceptors (Lipinski definition) is 4. The van der Waals surface area contributed by atoms with Gasteiger partial charge < -0.3 is 20.4 Å². The van der Waals surface area contributed by atoms with Crippen LogP contribution in [0, 0.1) is 5.92 Å². The summed E-state index contributed by atoms with van der Waals surface area (Å²) in [6.07, 6.45) is 3.61. The van der Waals surface area contributed by atoms with Crippen molar-refractivity contribution in [1.82, 2.24) is 15.1 Å². The molecule has 186 valence electrons. The van der Waals surface area contributed by atoms with Crippen molar-refractivity contribution in [3.63, 3.8) is 0 Å². The zero-order valence-corrected chi connectivity index (χ0v) is 20.8. The molecular weight excluding hydrogens is 444 g/mol. The summed E-state index contributed by atoms with van der Waals surface area (Å²) in [5, 5.41) is 7.47. The van der Waals surface area contributed by atoms with E-state index in [-0.39, 0.29) is 36.2 Å². The Kier molecular flexibility index (Phi) is 8.63. The van der Waals surface area contributed by atoms with E-state index in [9.17, 15) is 19.2 Å². The van der Waals surface area contributed by atoms with Crippen LogP contribution in [0.4, 0.5) is 5.69 Å². The summed E-state index contributed by atoms with van der Waals surface area (Å²) in [6, 6.07) is 12.8. The monoisotopic (exact) mass is 478 g/mol. The lowest BCUT2D eigenvalue weighted by Gasteiger charge is -2.30. The summed E-state index contributed by atoms with van der Waals surface area (Å²) in [4.78, 5) is 52.5. The number of hydrogen-bond donors (Lipinski definition) is 2. The molecule has 1 aliphatic rings. The first-order valence-corrected chi connectivity index (χ1v) is 11.9. The molecule has 35 heavy (non-hydrogen) atoms. The third kappa shape index (κ3) is 6.26. The van der Waals surface area contributed by atoms with Gasteiger partial charge in [0.2, 0.25) is 24.1 Å². The van der Waals surface area contributed by atoms with Crippen LogP contribution in [-0.2, 0) is 19.2 Å². The molecule has 0 bridgehead atoms. The fourth-order valence-electron chi connectivity index (χ4n) is 4.50. The first-order valence-electron chi connectivity index (χ1n) is 11.9. The molecule has 0 radical (unpaired) electrons. The Morgan fingerprint density at radius 1 is 1.14 bits per heavy atom. The highest BCUT2D eigenvalue weighted by atomic mass is 16.2. The Labute approximate surface area is 206 Å². The van der Waals surface area contributed by atoms with Crippen molar-refractivity contribution in [3.05, 3.63) is 54.1 Å². The van der Waals surface area contributed by atoms with E-state index in [1.54, 1.807) is 24.9 Å². The molecule has 2 atom stereocenters. The van der Waals surface area contributed by atoms with E-state index in [4.69, 9.17) is 0 Å². The van der Waals surface area contributed by atoms with Gasteiger partial charge in [-0.25, -0.2) is 0 Å². The zero-order chi connectivity index (χ0) is 25.5. The lowest BCUT2D eigenvalue weighted by atomic mass is 9.99. The Bertz CT molecular complexity index is 1130. The van der Waals surface area contributed by atoms with Gasteiger partial charge in [-0.3, -0.25) is 19.2 Å². The fraction of sp³-hybridized carbons (Fsp3) is 0.407. The van der Waals surface area contributed by atoms with E-state index in [1.165, 1.54) is 4.90 Å². The lowest BCUT2D eigenvalue weighted by Crippen LogP contribution is -2.45. The normalized spacial score (nSPS) is 16.8. The van der Waals surface area contributed by atoms with Gasteiger partial charge in [0.05, 0.1) is 12.6 Å². The SMILES string of the molecule is CC(=C[C@H](C(C)C)N(C)C(=O)CNC=O)C(=O)N1CCC[C@H]1C(=O)Nc1ccc2ccccc2c1. The number of fused-ring (bicyclic) bond motifs is 1. The molecule has 8 heteroatoms. The minimum absolute atomic E-state index is 0.0495. The molecule has 2 aromatic carbocycles. The summed E-state index contributed by atoms with van der Waals surface area (Å²) in [6.45, 7) is 6.05. The van der Waals surface area contributed by atoms with Crippen LogP contribution < -0.4 is 10.6 Å². The molecule has 4 amide bonds. The predicted octanol–water partition coefficient (Wildman–Crippen LogP) is 2.94. The van der Waals surface area contributed by atoms with Gasteiger partial charge in [0.15, 0.2) is 0 Å². The van der Waals surface area contributed by atoms with Gasteiger partial charge in [0.1, 0.15) is 6.04 Å². The smallest absolute Gasteiger partial charge is 0.249 e. The second-order valence-corrected chi connectivity index (χ2v) is 9.30. The van der Waals surface area contributed by atoms with Gasteiger partial charge in [-0.05, 0) is 48.6 Å². The summed E-state index contributed by atoms with van der Waals surface area (Å²) < 4.78 is 0. The average molecular weight is 479 g/mol. The number of benzene rings is 2. The van der Waals surface area contributed by atoms with E-state index in [2.05, 4.69) is 10.6 Å². The number of carbonyl (C=O) groups is 4. The minimum Gasteiger partial charge on any atom is -0.350 e. The van der Waals surface area contributed by atoms with Crippen LogP contribution in [-0.4, -0.2) is 66.2 Å². The van der Waals surface area contributed by atoms with Crippen molar-refractivity contribution in [2.24, 2.45) is 5.92 Å². The summed E-state index contributed by atoms with van der Waals surface area (Å²) in [7, 11) is 1.66. The molecule has 2 N–H and O–H groups in total. The van der Waals surface area contributed by atoms with Crippen molar-refractivity contribution in [3.8, 4) is 0 Å². The highest BCUT2D eigenvalue weighted by Crippen LogP contribution is 2.24. The Hall–Kier alpha value is -3.68. The highest BCUT2D eigenvalue weighted by Gasteiger charge is 2.35. The van der Waals surface area contributed by atoms with Crippen LogP contribution >= 0.6 is 0 Å². The molecule has 1 heterocycles. The van der Waals surface area contributed by atoms with Crippen molar-refractivity contribution in [2.75, 3.05) is 25.5 Å². The van der Waals surface area contributed by atoms with Crippen LogP contribution in [0.1, 0.15) is 33.6 Å². The molecule has 0 unspecified atom stereocenters. The third-order valence-corrected chi connectivity index (χ3v) is 6.45. The van der Waals surface area contributed by atoms with Crippen LogP contribution in [0.25, 0.3) is 10.8 Å². The van der Waals surface area contributed by atoms with Crippen molar-refractivity contribution in [1.29, 1.82) is 0 Å². The maximum absolute atomic E-state index is 13.3. The van der Waals surface area contributed by atoms with Crippen molar-refractivity contribution < 1.29 is 19.2 Å². The van der Waals surface area contributed by atoms with E-state index >= 15 is 0 Å². The van der Waals surface area contributed by atoms with Gasteiger partial charge in [-0.1, -0.05) is 50.3 Å². The lowest BCUT2D eigenvalue weighted by molar-refractivity contribution is -0.133. The quantitative estimate of drug-likeness (QED) is 0.428. The average Bonchev–Trinajstić information content (AvgIpc) is 3.34. The molecule has 1 saturated heterocycles. The number of likely N-dealkylation sites (tertiary alicyclic amines) is 1. The molecule has 0 aliphatic carbocycles. The van der Waals surface area contributed by atoms with Crippen molar-refractivity contribution in [2.45, 2.75) is 45.7 Å². The highest BCUT2D eigenvalue weighted by molar-refractivity contribution is 6.02. The number of anilines is 1.